The molecule has 1 amide bonds. The lowest BCUT2D eigenvalue weighted by molar-refractivity contribution is -0.123. The number of nitrogens with one attached hydrogen (secondary N) is 1. The van der Waals surface area contributed by atoms with E-state index in [1.54, 1.807) is 23.9 Å². The van der Waals surface area contributed by atoms with E-state index in [-0.39, 0.29) is 24.1 Å². The van der Waals surface area contributed by atoms with Crippen LogP contribution < -0.4 is 10.1 Å². The molecule has 4 rings (SSSR count). The van der Waals surface area contributed by atoms with Gasteiger partial charge in [-0.25, -0.2) is 9.37 Å². The van der Waals surface area contributed by atoms with Crippen LogP contribution in [-0.2, 0) is 11.3 Å². The lowest BCUT2D eigenvalue weighted by Crippen LogP contribution is -2.28. The van der Waals surface area contributed by atoms with Gasteiger partial charge in [-0.15, -0.1) is 11.8 Å². The van der Waals surface area contributed by atoms with Crippen molar-refractivity contribution in [1.82, 2.24) is 20.4 Å². The first-order valence-corrected chi connectivity index (χ1v) is 10.3. The molecule has 0 unspecified atom stereocenters. The van der Waals surface area contributed by atoms with E-state index in [1.165, 1.54) is 18.5 Å². The number of benzene rings is 2. The molecule has 2 heterocycles. The Hall–Kier alpha value is -3.46. The molecule has 9 heteroatoms. The van der Waals surface area contributed by atoms with Gasteiger partial charge in [-0.3, -0.25) is 4.79 Å². The van der Waals surface area contributed by atoms with E-state index in [1.807, 2.05) is 30.5 Å². The quantitative estimate of drug-likeness (QED) is 0.451. The highest BCUT2D eigenvalue weighted by Gasteiger charge is 2.19. The van der Waals surface area contributed by atoms with E-state index in [9.17, 15) is 9.18 Å². The van der Waals surface area contributed by atoms with Gasteiger partial charge in [0.25, 0.3) is 11.6 Å². The zero-order valence-electron chi connectivity index (χ0n) is 16.0. The third-order valence-electron chi connectivity index (χ3n) is 4.32. The highest BCUT2D eigenvalue weighted by atomic mass is 32.2. The van der Waals surface area contributed by atoms with E-state index in [2.05, 4.69) is 20.4 Å². The minimum atomic E-state index is -0.409. The summed E-state index contributed by atoms with van der Waals surface area (Å²) in [5, 5.41) is 7.14. The summed E-state index contributed by atoms with van der Waals surface area (Å²) in [6, 6.07) is 13.8. The second-order valence-electron chi connectivity index (χ2n) is 6.31. The Labute approximate surface area is 175 Å². The van der Waals surface area contributed by atoms with Crippen LogP contribution in [0.4, 0.5) is 4.39 Å². The number of carbonyl (C=O) groups excluding carboxylic acids is 1. The van der Waals surface area contributed by atoms with Gasteiger partial charge in [0.1, 0.15) is 23.2 Å². The van der Waals surface area contributed by atoms with Crippen LogP contribution >= 0.6 is 11.8 Å². The maximum Gasteiger partial charge on any atom is 0.265 e. The van der Waals surface area contributed by atoms with Crippen molar-refractivity contribution in [2.45, 2.75) is 11.4 Å². The van der Waals surface area contributed by atoms with Crippen molar-refractivity contribution in [2.75, 3.05) is 12.9 Å². The molecule has 1 N–H and O–H groups in total. The molecule has 7 nitrogen and oxygen atoms in total. The van der Waals surface area contributed by atoms with Crippen LogP contribution in [-0.4, -0.2) is 33.9 Å². The fourth-order valence-corrected chi connectivity index (χ4v) is 3.24. The fourth-order valence-electron chi connectivity index (χ4n) is 2.83. The van der Waals surface area contributed by atoms with E-state index in [0.717, 1.165) is 10.5 Å². The minimum absolute atomic E-state index is 0.139. The van der Waals surface area contributed by atoms with E-state index in [4.69, 9.17) is 9.26 Å². The van der Waals surface area contributed by atoms with Gasteiger partial charge in [0.05, 0.1) is 0 Å². The molecule has 2 aromatic carbocycles. The Balaban J connectivity index is 1.46. The normalized spacial score (nSPS) is 10.9. The summed E-state index contributed by atoms with van der Waals surface area (Å²) in [7, 11) is 0. The molecule has 0 atom stereocenters. The number of nitrogens with zero attached hydrogens (tertiary/aromatic N) is 3. The standard InChI is InChI=1S/C21H17FN4O3S/c1-30-16-7-5-13(6-8-16)10-23-17(27)11-28-20-18-19(14-3-2-4-15(22)9-14)26-29-21(18)25-12-24-20/h2-9,12H,10-11H2,1H3,(H,23,27). The maximum atomic E-state index is 13.6. The fraction of sp³-hybridized carbons (Fsp3) is 0.143. The van der Waals surface area contributed by atoms with Gasteiger partial charge in [-0.05, 0) is 36.1 Å². The zero-order chi connectivity index (χ0) is 20.9. The molecule has 30 heavy (non-hydrogen) atoms. The molecule has 4 aromatic rings. The summed E-state index contributed by atoms with van der Waals surface area (Å²) in [6.07, 6.45) is 3.26. The van der Waals surface area contributed by atoms with Gasteiger partial charge >= 0.3 is 0 Å². The number of amides is 1. The smallest absolute Gasteiger partial charge is 0.265 e. The Kier molecular flexibility index (Phi) is 5.89. The van der Waals surface area contributed by atoms with Gasteiger partial charge in [-0.2, -0.15) is 4.98 Å². The predicted molar refractivity (Wildman–Crippen MR) is 111 cm³/mol. The Morgan fingerprint density at radius 1 is 1.20 bits per heavy atom. The lowest BCUT2D eigenvalue weighted by Gasteiger charge is -2.08. The molecule has 0 spiro atoms. The Morgan fingerprint density at radius 3 is 2.80 bits per heavy atom. The largest absolute Gasteiger partial charge is 0.467 e. The van der Waals surface area contributed by atoms with Crippen LogP contribution in [0, 0.1) is 5.82 Å². The highest BCUT2D eigenvalue weighted by molar-refractivity contribution is 7.98. The van der Waals surface area contributed by atoms with Crippen molar-refractivity contribution in [3.05, 3.63) is 66.2 Å². The topological polar surface area (TPSA) is 90.1 Å². The van der Waals surface area contributed by atoms with Crippen molar-refractivity contribution >= 4 is 28.8 Å². The molecule has 0 aliphatic rings. The van der Waals surface area contributed by atoms with Gasteiger partial charge < -0.3 is 14.6 Å². The molecule has 0 aliphatic carbocycles. The Morgan fingerprint density at radius 2 is 2.03 bits per heavy atom. The molecular weight excluding hydrogens is 407 g/mol. The molecule has 2 aromatic heterocycles. The molecule has 0 saturated carbocycles. The van der Waals surface area contributed by atoms with Crippen LogP contribution in [0.1, 0.15) is 5.56 Å². The third kappa shape index (κ3) is 4.41. The maximum absolute atomic E-state index is 13.6. The second kappa shape index (κ2) is 8.91. The van der Waals surface area contributed by atoms with Crippen molar-refractivity contribution in [1.29, 1.82) is 0 Å². The number of halogens is 1. The van der Waals surface area contributed by atoms with Crippen molar-refractivity contribution < 1.29 is 18.4 Å². The van der Waals surface area contributed by atoms with Gasteiger partial charge in [0, 0.05) is 17.0 Å². The van der Waals surface area contributed by atoms with Crippen LogP contribution in [0.2, 0.25) is 0 Å². The minimum Gasteiger partial charge on any atom is -0.467 e. The molecule has 0 aliphatic heterocycles. The lowest BCUT2D eigenvalue weighted by atomic mass is 10.1. The van der Waals surface area contributed by atoms with Crippen molar-refractivity contribution in [2.24, 2.45) is 0 Å². The molecular formula is C21H17FN4O3S. The first-order valence-electron chi connectivity index (χ1n) is 9.03. The van der Waals surface area contributed by atoms with E-state index >= 15 is 0 Å². The number of hydrogen-bond acceptors (Lipinski definition) is 7. The first kappa shape index (κ1) is 19.8. The van der Waals surface area contributed by atoms with Crippen LogP contribution in [0.3, 0.4) is 0 Å². The molecule has 0 saturated heterocycles. The van der Waals surface area contributed by atoms with Crippen LogP contribution in [0.15, 0.2) is 64.3 Å². The van der Waals surface area contributed by atoms with Crippen molar-refractivity contribution in [3.8, 4) is 17.1 Å². The number of fused-ring (bicyclic) bond motifs is 1. The average Bonchev–Trinajstić information content (AvgIpc) is 3.21. The first-order chi connectivity index (χ1) is 14.6. The summed E-state index contributed by atoms with van der Waals surface area (Å²) in [5.74, 6) is -0.577. The molecule has 0 fully saturated rings. The number of ether oxygens (including phenoxy) is 1. The number of rotatable bonds is 7. The number of hydrogen-bond donors (Lipinski definition) is 1. The van der Waals surface area contributed by atoms with Crippen molar-refractivity contribution in [3.63, 3.8) is 0 Å². The average molecular weight is 424 g/mol. The Bertz CT molecular complexity index is 1180. The predicted octanol–water partition coefficient (Wildman–Crippen LogP) is 3.84. The summed E-state index contributed by atoms with van der Waals surface area (Å²) >= 11 is 1.66. The van der Waals surface area contributed by atoms with E-state index in [0.29, 0.717) is 23.2 Å². The van der Waals surface area contributed by atoms with Crippen LogP contribution in [0.25, 0.3) is 22.4 Å². The van der Waals surface area contributed by atoms with Gasteiger partial charge in [0.2, 0.25) is 5.88 Å². The molecule has 0 radical (unpaired) electrons. The second-order valence-corrected chi connectivity index (χ2v) is 7.19. The number of thioether (sulfide) groups is 1. The number of aromatic nitrogens is 3. The highest BCUT2D eigenvalue weighted by Crippen LogP contribution is 2.32. The molecule has 0 bridgehead atoms. The summed E-state index contributed by atoms with van der Waals surface area (Å²) in [4.78, 5) is 21.5. The van der Waals surface area contributed by atoms with Gasteiger partial charge in [-0.1, -0.05) is 29.4 Å². The third-order valence-corrected chi connectivity index (χ3v) is 5.07. The monoisotopic (exact) mass is 424 g/mol. The molecule has 152 valence electrons. The van der Waals surface area contributed by atoms with Crippen LogP contribution in [0.5, 0.6) is 5.88 Å². The summed E-state index contributed by atoms with van der Waals surface area (Å²) < 4.78 is 24.4. The van der Waals surface area contributed by atoms with Gasteiger partial charge in [0.15, 0.2) is 6.61 Å². The zero-order valence-corrected chi connectivity index (χ0v) is 16.8. The van der Waals surface area contributed by atoms with E-state index < -0.39 is 5.82 Å². The number of carbonyl (C=O) groups is 1. The summed E-state index contributed by atoms with van der Waals surface area (Å²) in [5.41, 5.74) is 2.01. The summed E-state index contributed by atoms with van der Waals surface area (Å²) in [6.45, 7) is 0.140. The SMILES string of the molecule is CSc1ccc(CNC(=O)COc2ncnc3onc(-c4cccc(F)c4)c23)cc1.